The van der Waals surface area contributed by atoms with Gasteiger partial charge in [0.25, 0.3) is 0 Å². The number of aryl methyl sites for hydroxylation is 1. The number of nitrogens with two attached hydrogens (primary N) is 1. The maximum atomic E-state index is 5.77. The Bertz CT molecular complexity index is 350. The molecule has 18 heavy (non-hydrogen) atoms. The summed E-state index contributed by atoms with van der Waals surface area (Å²) >= 11 is 0. The van der Waals surface area contributed by atoms with Crippen LogP contribution in [0.2, 0.25) is 0 Å². The molecule has 0 heterocycles. The summed E-state index contributed by atoms with van der Waals surface area (Å²) in [5.41, 5.74) is 6.99. The first-order valence-electron chi connectivity index (χ1n) is 6.81. The maximum Gasteiger partial charge on any atom is 0.122 e. The Morgan fingerprint density at radius 2 is 1.89 bits per heavy atom. The Balaban J connectivity index is 2.72. The van der Waals surface area contributed by atoms with Gasteiger partial charge in [0.15, 0.2) is 0 Å². The molecule has 2 N–H and O–H groups in total. The lowest BCUT2D eigenvalue weighted by Crippen LogP contribution is -2.14. The maximum absolute atomic E-state index is 5.77. The topological polar surface area (TPSA) is 44.5 Å². The Kier molecular flexibility index (Phi) is 6.58. The molecule has 1 rings (SSSR count). The van der Waals surface area contributed by atoms with Crippen LogP contribution in [-0.4, -0.2) is 19.3 Å². The molecule has 0 bridgehead atoms. The van der Waals surface area contributed by atoms with E-state index in [0.717, 1.165) is 30.8 Å². The number of hydrogen-bond donors (Lipinski definition) is 1. The van der Waals surface area contributed by atoms with E-state index in [9.17, 15) is 0 Å². The highest BCUT2D eigenvalue weighted by molar-refractivity contribution is 5.40. The molecule has 1 aromatic carbocycles. The molecule has 3 nitrogen and oxygen atoms in total. The fraction of sp³-hybridized carbons (Fsp3) is 0.600. The summed E-state index contributed by atoms with van der Waals surface area (Å²) in [5.74, 6) is 1.88. The number of benzene rings is 1. The van der Waals surface area contributed by atoms with E-state index in [0.29, 0.717) is 13.2 Å². The highest BCUT2D eigenvalue weighted by Gasteiger charge is 2.06. The van der Waals surface area contributed by atoms with E-state index in [1.807, 2.05) is 32.9 Å². The quantitative estimate of drug-likeness (QED) is 0.772. The largest absolute Gasteiger partial charge is 0.494 e. The first-order chi connectivity index (χ1) is 8.67. The Morgan fingerprint density at radius 1 is 1.17 bits per heavy atom. The molecule has 1 unspecified atom stereocenters. The molecule has 0 aliphatic carbocycles. The van der Waals surface area contributed by atoms with E-state index in [1.165, 1.54) is 5.56 Å². The second-order valence-electron chi connectivity index (χ2n) is 4.51. The molecule has 0 fully saturated rings. The van der Waals surface area contributed by atoms with Crippen LogP contribution in [-0.2, 0) is 6.42 Å². The summed E-state index contributed by atoms with van der Waals surface area (Å²) < 4.78 is 11.2. The smallest absolute Gasteiger partial charge is 0.122 e. The molecule has 0 saturated heterocycles. The highest BCUT2D eigenvalue weighted by Crippen LogP contribution is 2.26. The van der Waals surface area contributed by atoms with E-state index < -0.39 is 0 Å². The molecule has 1 aromatic rings. The van der Waals surface area contributed by atoms with Gasteiger partial charge in [-0.2, -0.15) is 0 Å². The molecule has 3 heteroatoms. The van der Waals surface area contributed by atoms with Crippen molar-refractivity contribution in [1.82, 2.24) is 0 Å². The van der Waals surface area contributed by atoms with Gasteiger partial charge in [-0.25, -0.2) is 0 Å². The molecular weight excluding hydrogens is 226 g/mol. The van der Waals surface area contributed by atoms with Gasteiger partial charge in [0.1, 0.15) is 11.5 Å². The van der Waals surface area contributed by atoms with Gasteiger partial charge >= 0.3 is 0 Å². The van der Waals surface area contributed by atoms with E-state index in [2.05, 4.69) is 6.07 Å². The fourth-order valence-electron chi connectivity index (χ4n) is 1.92. The third kappa shape index (κ3) is 4.96. The standard InChI is InChI=1S/C15H25NO2/c1-4-17-14-9-10-15(18-5-2)13(11-14)8-6-7-12(3)16/h9-12H,4-8,16H2,1-3H3. The van der Waals surface area contributed by atoms with Crippen LogP contribution in [0.1, 0.15) is 39.2 Å². The normalized spacial score (nSPS) is 12.2. The Hall–Kier alpha value is -1.22. The number of ether oxygens (including phenoxy) is 2. The monoisotopic (exact) mass is 251 g/mol. The van der Waals surface area contributed by atoms with Crippen molar-refractivity contribution < 1.29 is 9.47 Å². The molecule has 102 valence electrons. The lowest BCUT2D eigenvalue weighted by molar-refractivity contribution is 0.327. The summed E-state index contributed by atoms with van der Waals surface area (Å²) in [5, 5.41) is 0. The zero-order valence-electron chi connectivity index (χ0n) is 11.7. The van der Waals surface area contributed by atoms with Gasteiger partial charge in [0, 0.05) is 6.04 Å². The number of rotatable bonds is 8. The SMILES string of the molecule is CCOc1ccc(OCC)c(CCCC(C)N)c1. The predicted octanol–water partition coefficient (Wildman–Crippen LogP) is 3.15. The first kappa shape index (κ1) is 14.8. The average molecular weight is 251 g/mol. The van der Waals surface area contributed by atoms with Crippen molar-refractivity contribution in [1.29, 1.82) is 0 Å². The van der Waals surface area contributed by atoms with E-state index in [4.69, 9.17) is 15.2 Å². The van der Waals surface area contributed by atoms with Gasteiger partial charge < -0.3 is 15.2 Å². The minimum Gasteiger partial charge on any atom is -0.494 e. The third-order valence-electron chi connectivity index (χ3n) is 2.75. The molecule has 0 aliphatic heterocycles. The minimum absolute atomic E-state index is 0.260. The van der Waals surface area contributed by atoms with Crippen molar-refractivity contribution in [3.05, 3.63) is 23.8 Å². The van der Waals surface area contributed by atoms with Crippen molar-refractivity contribution in [2.45, 2.75) is 46.1 Å². The van der Waals surface area contributed by atoms with Gasteiger partial charge in [-0.05, 0) is 63.8 Å². The van der Waals surface area contributed by atoms with Crippen molar-refractivity contribution in [3.8, 4) is 11.5 Å². The van der Waals surface area contributed by atoms with Crippen LogP contribution in [0.3, 0.4) is 0 Å². The molecule has 1 atom stereocenters. The van der Waals surface area contributed by atoms with Crippen LogP contribution in [0.5, 0.6) is 11.5 Å². The molecule has 0 aromatic heterocycles. The predicted molar refractivity (Wildman–Crippen MR) is 75.4 cm³/mol. The van der Waals surface area contributed by atoms with Gasteiger partial charge in [0.05, 0.1) is 13.2 Å². The lowest BCUT2D eigenvalue weighted by atomic mass is 10.0. The van der Waals surface area contributed by atoms with Crippen molar-refractivity contribution in [3.63, 3.8) is 0 Å². The van der Waals surface area contributed by atoms with Crippen LogP contribution in [0, 0.1) is 0 Å². The lowest BCUT2D eigenvalue weighted by Gasteiger charge is -2.13. The first-order valence-corrected chi connectivity index (χ1v) is 6.81. The molecule has 0 amide bonds. The van der Waals surface area contributed by atoms with Gasteiger partial charge in [-0.3, -0.25) is 0 Å². The summed E-state index contributed by atoms with van der Waals surface area (Å²) in [6.45, 7) is 7.41. The molecule has 0 spiro atoms. The summed E-state index contributed by atoms with van der Waals surface area (Å²) in [6.07, 6.45) is 3.09. The van der Waals surface area contributed by atoms with Crippen LogP contribution < -0.4 is 15.2 Å². The number of hydrogen-bond acceptors (Lipinski definition) is 3. The molecule has 0 saturated carbocycles. The summed E-state index contributed by atoms with van der Waals surface area (Å²) in [4.78, 5) is 0. The van der Waals surface area contributed by atoms with Crippen LogP contribution in [0.4, 0.5) is 0 Å². The van der Waals surface area contributed by atoms with E-state index >= 15 is 0 Å². The van der Waals surface area contributed by atoms with E-state index in [1.54, 1.807) is 0 Å². The van der Waals surface area contributed by atoms with Crippen LogP contribution in [0.25, 0.3) is 0 Å². The Morgan fingerprint density at radius 3 is 2.50 bits per heavy atom. The highest BCUT2D eigenvalue weighted by atomic mass is 16.5. The second kappa shape index (κ2) is 7.98. The van der Waals surface area contributed by atoms with Crippen molar-refractivity contribution in [2.24, 2.45) is 5.73 Å². The average Bonchev–Trinajstić information content (AvgIpc) is 2.32. The minimum atomic E-state index is 0.260. The van der Waals surface area contributed by atoms with Crippen molar-refractivity contribution in [2.75, 3.05) is 13.2 Å². The zero-order valence-corrected chi connectivity index (χ0v) is 11.7. The second-order valence-corrected chi connectivity index (χ2v) is 4.51. The Labute approximate surface area is 110 Å². The third-order valence-corrected chi connectivity index (χ3v) is 2.75. The molecule has 0 radical (unpaired) electrons. The van der Waals surface area contributed by atoms with Gasteiger partial charge in [-0.15, -0.1) is 0 Å². The fourth-order valence-corrected chi connectivity index (χ4v) is 1.92. The summed E-state index contributed by atoms with van der Waals surface area (Å²) in [7, 11) is 0. The molecular formula is C15H25NO2. The van der Waals surface area contributed by atoms with Crippen LogP contribution >= 0.6 is 0 Å². The zero-order chi connectivity index (χ0) is 13.4. The summed E-state index contributed by atoms with van der Waals surface area (Å²) in [6, 6.07) is 6.30. The van der Waals surface area contributed by atoms with Crippen LogP contribution in [0.15, 0.2) is 18.2 Å². The molecule has 0 aliphatic rings. The van der Waals surface area contributed by atoms with Gasteiger partial charge in [-0.1, -0.05) is 0 Å². The van der Waals surface area contributed by atoms with E-state index in [-0.39, 0.29) is 6.04 Å². The van der Waals surface area contributed by atoms with Crippen molar-refractivity contribution >= 4 is 0 Å². The van der Waals surface area contributed by atoms with Gasteiger partial charge in [0.2, 0.25) is 0 Å².